The average molecular weight is 300 g/mol. The molecule has 0 atom stereocenters. The van der Waals surface area contributed by atoms with E-state index >= 15 is 0 Å². The third kappa shape index (κ3) is 3.36. The first kappa shape index (κ1) is 12.7. The van der Waals surface area contributed by atoms with Gasteiger partial charge in [0.25, 0.3) is 0 Å². The van der Waals surface area contributed by atoms with Crippen LogP contribution in [0.15, 0.2) is 16.6 Å². The van der Waals surface area contributed by atoms with Crippen molar-refractivity contribution in [3.05, 3.63) is 22.2 Å². The molecule has 1 aromatic carbocycles. The Labute approximate surface area is 111 Å². The van der Waals surface area contributed by atoms with Gasteiger partial charge in [-0.1, -0.05) is 13.8 Å². The second kappa shape index (κ2) is 5.74. The zero-order chi connectivity index (χ0) is 12.3. The number of hydrogen-bond donors (Lipinski definition) is 1. The topological polar surface area (TPSA) is 30.5 Å². The zero-order valence-electron chi connectivity index (χ0n) is 10.3. The lowest BCUT2D eigenvalue weighted by atomic mass is 10.1. The van der Waals surface area contributed by atoms with E-state index in [1.165, 1.54) is 5.56 Å². The maximum atomic E-state index is 5.59. The molecule has 1 aromatic rings. The SMILES string of the molecule is CC(C)CNCc1cc(Br)c2c(c1)OCCO2. The van der Waals surface area contributed by atoms with Crippen LogP contribution in [0.4, 0.5) is 0 Å². The van der Waals surface area contributed by atoms with E-state index < -0.39 is 0 Å². The smallest absolute Gasteiger partial charge is 0.175 e. The Bertz CT molecular complexity index is 393. The predicted molar refractivity (Wildman–Crippen MR) is 71.7 cm³/mol. The highest BCUT2D eigenvalue weighted by molar-refractivity contribution is 9.10. The lowest BCUT2D eigenvalue weighted by Crippen LogP contribution is -2.20. The highest BCUT2D eigenvalue weighted by Crippen LogP contribution is 2.38. The van der Waals surface area contributed by atoms with E-state index in [4.69, 9.17) is 9.47 Å². The van der Waals surface area contributed by atoms with E-state index in [0.717, 1.165) is 29.1 Å². The van der Waals surface area contributed by atoms with Crippen molar-refractivity contribution in [2.45, 2.75) is 20.4 Å². The number of benzene rings is 1. The standard InChI is InChI=1S/C13H18BrNO2/c1-9(2)7-15-8-10-5-11(14)13-12(6-10)16-3-4-17-13/h5-6,9,15H,3-4,7-8H2,1-2H3. The summed E-state index contributed by atoms with van der Waals surface area (Å²) in [6.07, 6.45) is 0. The van der Waals surface area contributed by atoms with Crippen LogP contribution in [0.2, 0.25) is 0 Å². The van der Waals surface area contributed by atoms with Gasteiger partial charge in [-0.3, -0.25) is 0 Å². The minimum absolute atomic E-state index is 0.622. The molecule has 17 heavy (non-hydrogen) atoms. The summed E-state index contributed by atoms with van der Waals surface area (Å²) in [6, 6.07) is 4.13. The lowest BCUT2D eigenvalue weighted by molar-refractivity contribution is 0.170. The van der Waals surface area contributed by atoms with Crippen LogP contribution in [0.3, 0.4) is 0 Å². The van der Waals surface area contributed by atoms with Crippen LogP contribution in [0.1, 0.15) is 19.4 Å². The summed E-state index contributed by atoms with van der Waals surface area (Å²) in [7, 11) is 0. The van der Waals surface area contributed by atoms with Gasteiger partial charge in [0.05, 0.1) is 4.47 Å². The number of halogens is 1. The molecule has 0 unspecified atom stereocenters. The molecule has 1 aliphatic rings. The Balaban J connectivity index is 2.06. The molecule has 0 spiro atoms. The normalized spacial score (nSPS) is 14.1. The fourth-order valence-electron chi connectivity index (χ4n) is 1.77. The molecular weight excluding hydrogens is 282 g/mol. The molecule has 0 aromatic heterocycles. The summed E-state index contributed by atoms with van der Waals surface area (Å²) in [4.78, 5) is 0. The maximum Gasteiger partial charge on any atom is 0.175 e. The predicted octanol–water partition coefficient (Wildman–Crippen LogP) is 2.97. The maximum absolute atomic E-state index is 5.59. The Morgan fingerprint density at radius 1 is 1.29 bits per heavy atom. The monoisotopic (exact) mass is 299 g/mol. The van der Waals surface area contributed by atoms with Crippen LogP contribution in [-0.2, 0) is 6.54 Å². The molecule has 0 bridgehead atoms. The van der Waals surface area contributed by atoms with Crippen LogP contribution in [0, 0.1) is 5.92 Å². The number of rotatable bonds is 4. The van der Waals surface area contributed by atoms with Crippen LogP contribution in [0.5, 0.6) is 11.5 Å². The van der Waals surface area contributed by atoms with E-state index in [1.807, 2.05) is 6.07 Å². The van der Waals surface area contributed by atoms with Gasteiger partial charge in [0.1, 0.15) is 13.2 Å². The van der Waals surface area contributed by atoms with E-state index in [1.54, 1.807) is 0 Å². The van der Waals surface area contributed by atoms with Gasteiger partial charge in [0.15, 0.2) is 11.5 Å². The number of ether oxygens (including phenoxy) is 2. The van der Waals surface area contributed by atoms with Crippen LogP contribution in [-0.4, -0.2) is 19.8 Å². The van der Waals surface area contributed by atoms with Gasteiger partial charge in [-0.25, -0.2) is 0 Å². The molecule has 0 aliphatic carbocycles. The number of nitrogens with one attached hydrogen (secondary N) is 1. The van der Waals surface area contributed by atoms with Crippen molar-refractivity contribution in [3.63, 3.8) is 0 Å². The molecule has 0 saturated carbocycles. The van der Waals surface area contributed by atoms with Crippen LogP contribution in [0.25, 0.3) is 0 Å². The summed E-state index contributed by atoms with van der Waals surface area (Å²) in [5.41, 5.74) is 1.21. The second-order valence-electron chi connectivity index (χ2n) is 4.63. The minimum atomic E-state index is 0.622. The van der Waals surface area contributed by atoms with E-state index in [2.05, 4.69) is 41.2 Å². The molecule has 3 nitrogen and oxygen atoms in total. The van der Waals surface area contributed by atoms with E-state index in [0.29, 0.717) is 19.1 Å². The van der Waals surface area contributed by atoms with E-state index in [9.17, 15) is 0 Å². The zero-order valence-corrected chi connectivity index (χ0v) is 11.8. The Kier molecular flexibility index (Phi) is 4.29. The molecule has 0 saturated heterocycles. The molecule has 0 fully saturated rings. The van der Waals surface area contributed by atoms with Gasteiger partial charge in [0, 0.05) is 6.54 Å². The molecule has 1 heterocycles. The number of fused-ring (bicyclic) bond motifs is 1. The fourth-order valence-corrected chi connectivity index (χ4v) is 2.38. The van der Waals surface area contributed by atoms with Crippen molar-refractivity contribution >= 4 is 15.9 Å². The summed E-state index contributed by atoms with van der Waals surface area (Å²) >= 11 is 3.52. The first-order chi connectivity index (χ1) is 8.16. The highest BCUT2D eigenvalue weighted by atomic mass is 79.9. The number of hydrogen-bond acceptors (Lipinski definition) is 3. The van der Waals surface area contributed by atoms with Crippen LogP contribution < -0.4 is 14.8 Å². The Morgan fingerprint density at radius 2 is 2.06 bits per heavy atom. The summed E-state index contributed by atoms with van der Waals surface area (Å²) in [5, 5.41) is 3.42. The molecule has 0 amide bonds. The minimum Gasteiger partial charge on any atom is -0.486 e. The molecule has 1 N–H and O–H groups in total. The summed E-state index contributed by atoms with van der Waals surface area (Å²) in [6.45, 7) is 7.53. The fraction of sp³-hybridized carbons (Fsp3) is 0.538. The molecule has 2 rings (SSSR count). The summed E-state index contributed by atoms with van der Waals surface area (Å²) in [5.74, 6) is 2.33. The van der Waals surface area contributed by atoms with Gasteiger partial charge in [0.2, 0.25) is 0 Å². The van der Waals surface area contributed by atoms with Gasteiger partial charge in [-0.2, -0.15) is 0 Å². The molecular formula is C13H18BrNO2. The van der Waals surface area contributed by atoms with Crippen molar-refractivity contribution in [2.75, 3.05) is 19.8 Å². The lowest BCUT2D eigenvalue weighted by Gasteiger charge is -2.20. The first-order valence-electron chi connectivity index (χ1n) is 5.95. The van der Waals surface area contributed by atoms with E-state index in [-0.39, 0.29) is 0 Å². The average Bonchev–Trinajstić information content (AvgIpc) is 2.28. The Hall–Kier alpha value is -0.740. The first-order valence-corrected chi connectivity index (χ1v) is 6.75. The molecule has 4 heteroatoms. The third-order valence-electron chi connectivity index (χ3n) is 2.54. The second-order valence-corrected chi connectivity index (χ2v) is 5.48. The largest absolute Gasteiger partial charge is 0.486 e. The van der Waals surface area contributed by atoms with Gasteiger partial charge in [-0.15, -0.1) is 0 Å². The van der Waals surface area contributed by atoms with Crippen molar-refractivity contribution in [1.29, 1.82) is 0 Å². The van der Waals surface area contributed by atoms with Crippen molar-refractivity contribution in [3.8, 4) is 11.5 Å². The van der Waals surface area contributed by atoms with Crippen molar-refractivity contribution in [1.82, 2.24) is 5.32 Å². The molecule has 1 aliphatic heterocycles. The van der Waals surface area contributed by atoms with Crippen molar-refractivity contribution in [2.24, 2.45) is 5.92 Å². The Morgan fingerprint density at radius 3 is 2.82 bits per heavy atom. The molecule has 0 radical (unpaired) electrons. The van der Waals surface area contributed by atoms with Gasteiger partial charge in [-0.05, 0) is 46.1 Å². The quantitative estimate of drug-likeness (QED) is 0.927. The molecule has 94 valence electrons. The third-order valence-corrected chi connectivity index (χ3v) is 3.13. The summed E-state index contributed by atoms with van der Waals surface area (Å²) < 4.78 is 12.1. The van der Waals surface area contributed by atoms with Crippen LogP contribution >= 0.6 is 15.9 Å². The highest BCUT2D eigenvalue weighted by Gasteiger charge is 2.16. The van der Waals surface area contributed by atoms with Gasteiger partial charge >= 0.3 is 0 Å². The van der Waals surface area contributed by atoms with Gasteiger partial charge < -0.3 is 14.8 Å². The van der Waals surface area contributed by atoms with Crippen molar-refractivity contribution < 1.29 is 9.47 Å².